The smallest absolute Gasteiger partial charge is 0.181 e. The highest BCUT2D eigenvalue weighted by Crippen LogP contribution is 2.40. The maximum absolute atomic E-state index is 5.69. The second-order valence-electron chi connectivity index (χ2n) is 5.79. The fourth-order valence-electron chi connectivity index (χ4n) is 2.75. The first-order valence-corrected chi connectivity index (χ1v) is 6.78. The standard InChI is InChI=1S/C14H24N2O/c1-11(2)15-9-12-13(17-10-16-12)14(3)7-5-4-6-8-14/h10-11,15H,4-9H2,1-3H3. The minimum atomic E-state index is 0.211. The third-order valence-electron chi connectivity index (χ3n) is 3.82. The topological polar surface area (TPSA) is 38.1 Å². The van der Waals surface area contributed by atoms with Crippen LogP contribution >= 0.6 is 0 Å². The molecule has 3 heteroatoms. The van der Waals surface area contributed by atoms with Crippen molar-refractivity contribution in [1.29, 1.82) is 0 Å². The van der Waals surface area contributed by atoms with Gasteiger partial charge in [-0.15, -0.1) is 0 Å². The van der Waals surface area contributed by atoms with Gasteiger partial charge in [0.15, 0.2) is 6.39 Å². The molecule has 1 aromatic rings. The molecule has 2 rings (SSSR count). The van der Waals surface area contributed by atoms with E-state index in [-0.39, 0.29) is 5.41 Å². The van der Waals surface area contributed by atoms with Crippen molar-refractivity contribution >= 4 is 0 Å². The molecule has 0 unspecified atom stereocenters. The lowest BCUT2D eigenvalue weighted by atomic mass is 9.73. The van der Waals surface area contributed by atoms with Gasteiger partial charge in [-0.25, -0.2) is 4.98 Å². The zero-order valence-electron chi connectivity index (χ0n) is 11.3. The predicted octanol–water partition coefficient (Wildman–Crippen LogP) is 3.39. The molecule has 3 nitrogen and oxygen atoms in total. The van der Waals surface area contributed by atoms with Crippen LogP contribution in [-0.4, -0.2) is 11.0 Å². The second kappa shape index (κ2) is 5.21. The Balaban J connectivity index is 2.11. The van der Waals surface area contributed by atoms with Crippen LogP contribution in [0.25, 0.3) is 0 Å². The minimum absolute atomic E-state index is 0.211. The van der Waals surface area contributed by atoms with Gasteiger partial charge in [-0.1, -0.05) is 40.0 Å². The van der Waals surface area contributed by atoms with Crippen LogP contribution < -0.4 is 5.32 Å². The Morgan fingerprint density at radius 2 is 2.06 bits per heavy atom. The summed E-state index contributed by atoms with van der Waals surface area (Å²) in [6, 6.07) is 0.485. The number of aromatic nitrogens is 1. The lowest BCUT2D eigenvalue weighted by Gasteiger charge is -2.32. The molecule has 96 valence electrons. The summed E-state index contributed by atoms with van der Waals surface area (Å²) in [5.74, 6) is 1.12. The van der Waals surface area contributed by atoms with E-state index in [9.17, 15) is 0 Å². The Bertz CT molecular complexity index is 351. The average Bonchev–Trinajstić information content (AvgIpc) is 2.76. The van der Waals surface area contributed by atoms with Crippen molar-refractivity contribution in [3.05, 3.63) is 17.8 Å². The molecule has 0 aliphatic heterocycles. The Hall–Kier alpha value is -0.830. The molecule has 0 atom stereocenters. The molecule has 0 saturated heterocycles. The lowest BCUT2D eigenvalue weighted by molar-refractivity contribution is 0.264. The summed E-state index contributed by atoms with van der Waals surface area (Å²) in [5.41, 5.74) is 1.31. The van der Waals surface area contributed by atoms with E-state index in [4.69, 9.17) is 4.42 Å². The quantitative estimate of drug-likeness (QED) is 0.870. The molecule has 0 bridgehead atoms. The second-order valence-corrected chi connectivity index (χ2v) is 5.79. The van der Waals surface area contributed by atoms with Crippen molar-refractivity contribution in [2.75, 3.05) is 0 Å². The van der Waals surface area contributed by atoms with Gasteiger partial charge >= 0.3 is 0 Å². The van der Waals surface area contributed by atoms with Crippen LogP contribution in [0.5, 0.6) is 0 Å². The van der Waals surface area contributed by atoms with Crippen LogP contribution in [0.3, 0.4) is 0 Å². The molecular weight excluding hydrogens is 212 g/mol. The van der Waals surface area contributed by atoms with Crippen LogP contribution in [0.4, 0.5) is 0 Å². The summed E-state index contributed by atoms with van der Waals surface area (Å²) in [6.45, 7) is 7.45. The maximum atomic E-state index is 5.69. The molecule has 17 heavy (non-hydrogen) atoms. The highest BCUT2D eigenvalue weighted by atomic mass is 16.3. The fraction of sp³-hybridized carbons (Fsp3) is 0.786. The van der Waals surface area contributed by atoms with Gasteiger partial charge in [0.1, 0.15) is 5.76 Å². The summed E-state index contributed by atoms with van der Waals surface area (Å²) in [5, 5.41) is 3.42. The highest BCUT2D eigenvalue weighted by molar-refractivity contribution is 5.19. The molecule has 1 fully saturated rings. The number of nitrogens with zero attached hydrogens (tertiary/aromatic N) is 1. The number of nitrogens with one attached hydrogen (secondary N) is 1. The van der Waals surface area contributed by atoms with Gasteiger partial charge in [-0.3, -0.25) is 0 Å². The zero-order valence-corrected chi connectivity index (χ0v) is 11.3. The summed E-state index contributed by atoms with van der Waals surface area (Å²) < 4.78 is 5.69. The number of hydrogen-bond donors (Lipinski definition) is 1. The van der Waals surface area contributed by atoms with Gasteiger partial charge in [0.2, 0.25) is 0 Å². The van der Waals surface area contributed by atoms with Crippen LogP contribution in [0.2, 0.25) is 0 Å². The first kappa shape index (κ1) is 12.6. The third kappa shape index (κ3) is 2.89. The van der Waals surface area contributed by atoms with Crippen molar-refractivity contribution in [1.82, 2.24) is 10.3 Å². The lowest BCUT2D eigenvalue weighted by Crippen LogP contribution is -2.28. The summed E-state index contributed by atoms with van der Waals surface area (Å²) in [7, 11) is 0. The van der Waals surface area contributed by atoms with Crippen molar-refractivity contribution in [3.8, 4) is 0 Å². The zero-order chi connectivity index (χ0) is 12.3. The summed E-state index contributed by atoms with van der Waals surface area (Å²) in [6.07, 6.45) is 8.06. The Morgan fingerprint density at radius 3 is 2.71 bits per heavy atom. The molecule has 1 saturated carbocycles. The van der Waals surface area contributed by atoms with E-state index >= 15 is 0 Å². The molecule has 1 N–H and O–H groups in total. The van der Waals surface area contributed by atoms with Crippen molar-refractivity contribution < 1.29 is 4.42 Å². The molecule has 1 aliphatic rings. The molecule has 1 heterocycles. The van der Waals surface area contributed by atoms with Gasteiger partial charge in [-0.2, -0.15) is 0 Å². The first-order valence-electron chi connectivity index (χ1n) is 6.78. The van der Waals surface area contributed by atoms with Crippen molar-refractivity contribution in [2.45, 2.75) is 70.9 Å². The van der Waals surface area contributed by atoms with E-state index in [0.717, 1.165) is 18.0 Å². The third-order valence-corrected chi connectivity index (χ3v) is 3.82. The molecule has 0 spiro atoms. The van der Waals surface area contributed by atoms with Crippen molar-refractivity contribution in [2.24, 2.45) is 0 Å². The van der Waals surface area contributed by atoms with Crippen LogP contribution in [-0.2, 0) is 12.0 Å². The maximum Gasteiger partial charge on any atom is 0.181 e. The van der Waals surface area contributed by atoms with E-state index in [1.54, 1.807) is 6.39 Å². The Kier molecular flexibility index (Phi) is 3.87. The Labute approximate surface area is 104 Å². The highest BCUT2D eigenvalue weighted by Gasteiger charge is 2.34. The molecule has 0 aromatic carbocycles. The largest absolute Gasteiger partial charge is 0.448 e. The van der Waals surface area contributed by atoms with Gasteiger partial charge in [-0.05, 0) is 12.8 Å². The van der Waals surface area contributed by atoms with Gasteiger partial charge in [0.25, 0.3) is 0 Å². The van der Waals surface area contributed by atoms with Gasteiger partial charge in [0.05, 0.1) is 5.69 Å². The first-order chi connectivity index (χ1) is 8.12. The van der Waals surface area contributed by atoms with Crippen molar-refractivity contribution in [3.63, 3.8) is 0 Å². The number of hydrogen-bond acceptors (Lipinski definition) is 3. The summed E-state index contributed by atoms with van der Waals surface area (Å²) >= 11 is 0. The van der Waals surface area contributed by atoms with Gasteiger partial charge in [0, 0.05) is 18.0 Å². The summed E-state index contributed by atoms with van der Waals surface area (Å²) in [4.78, 5) is 4.38. The molecular formula is C14H24N2O. The van der Waals surface area contributed by atoms with Crippen LogP contribution in [0, 0.1) is 0 Å². The fourth-order valence-corrected chi connectivity index (χ4v) is 2.75. The van der Waals surface area contributed by atoms with Gasteiger partial charge < -0.3 is 9.73 Å². The molecule has 1 aliphatic carbocycles. The van der Waals surface area contributed by atoms with E-state index < -0.39 is 0 Å². The Morgan fingerprint density at radius 1 is 1.35 bits per heavy atom. The monoisotopic (exact) mass is 236 g/mol. The normalized spacial score (nSPS) is 19.8. The minimum Gasteiger partial charge on any atom is -0.448 e. The van der Waals surface area contributed by atoms with E-state index in [2.05, 4.69) is 31.1 Å². The molecule has 0 radical (unpaired) electrons. The molecule has 1 aromatic heterocycles. The van der Waals surface area contributed by atoms with E-state index in [1.165, 1.54) is 32.1 Å². The van der Waals surface area contributed by atoms with E-state index in [0.29, 0.717) is 6.04 Å². The number of oxazole rings is 1. The predicted molar refractivity (Wildman–Crippen MR) is 68.9 cm³/mol. The van der Waals surface area contributed by atoms with E-state index in [1.807, 2.05) is 0 Å². The molecule has 0 amide bonds. The SMILES string of the molecule is CC(C)NCc1ncoc1C1(C)CCCCC1. The number of rotatable bonds is 4. The van der Waals surface area contributed by atoms with Crippen LogP contribution in [0.1, 0.15) is 64.3 Å². The van der Waals surface area contributed by atoms with Crippen LogP contribution in [0.15, 0.2) is 10.8 Å². The average molecular weight is 236 g/mol.